The summed E-state index contributed by atoms with van der Waals surface area (Å²) in [5.41, 5.74) is 5.86. The molecule has 0 amide bonds. The number of aromatic nitrogens is 2. The van der Waals surface area contributed by atoms with Crippen molar-refractivity contribution in [3.05, 3.63) is 65.2 Å². The van der Waals surface area contributed by atoms with E-state index in [2.05, 4.69) is 95.7 Å². The second kappa shape index (κ2) is 11.7. The molecule has 0 spiro atoms. The van der Waals surface area contributed by atoms with Gasteiger partial charge in [0.05, 0.1) is 24.0 Å². The van der Waals surface area contributed by atoms with E-state index in [-0.39, 0.29) is 17.1 Å². The van der Waals surface area contributed by atoms with Crippen molar-refractivity contribution in [2.75, 3.05) is 11.3 Å². The molecule has 3 unspecified atom stereocenters. The highest BCUT2D eigenvalue weighted by Crippen LogP contribution is 2.42. The highest BCUT2D eigenvalue weighted by atomic mass is 32.2. The fourth-order valence-corrected chi connectivity index (χ4v) is 7.12. The van der Waals surface area contributed by atoms with Crippen molar-refractivity contribution in [1.82, 2.24) is 9.97 Å². The predicted octanol–water partition coefficient (Wildman–Crippen LogP) is 9.15. The van der Waals surface area contributed by atoms with Crippen molar-refractivity contribution >= 4 is 17.9 Å². The van der Waals surface area contributed by atoms with E-state index in [9.17, 15) is 0 Å². The van der Waals surface area contributed by atoms with Crippen LogP contribution >= 0.6 is 11.9 Å². The van der Waals surface area contributed by atoms with Crippen LogP contribution in [0.4, 0.5) is 5.95 Å². The van der Waals surface area contributed by atoms with Gasteiger partial charge in [-0.25, -0.2) is 4.98 Å². The molecule has 4 bridgehead atoms. The third-order valence-corrected chi connectivity index (χ3v) is 8.96. The van der Waals surface area contributed by atoms with Gasteiger partial charge in [0, 0.05) is 22.4 Å². The Morgan fingerprint density at radius 1 is 1.02 bits per heavy atom. The van der Waals surface area contributed by atoms with Gasteiger partial charge >= 0.3 is 0 Å². The molecule has 3 aromatic rings. The number of hydrogen-bond acceptors (Lipinski definition) is 6. The van der Waals surface area contributed by atoms with Crippen LogP contribution in [0.5, 0.6) is 5.88 Å². The van der Waals surface area contributed by atoms with Gasteiger partial charge in [0.15, 0.2) is 0 Å². The number of fused-ring (bicyclic) bond motifs is 4. The summed E-state index contributed by atoms with van der Waals surface area (Å²) in [7, 11) is 0. The maximum absolute atomic E-state index is 6.64. The molecular formula is C34H45N3O2S. The summed E-state index contributed by atoms with van der Waals surface area (Å²) in [6.07, 6.45) is 5.75. The van der Waals surface area contributed by atoms with E-state index in [0.717, 1.165) is 41.8 Å². The van der Waals surface area contributed by atoms with Gasteiger partial charge in [0.1, 0.15) is 0 Å². The van der Waals surface area contributed by atoms with Gasteiger partial charge < -0.3 is 9.47 Å². The quantitative estimate of drug-likeness (QED) is 0.322. The lowest BCUT2D eigenvalue weighted by atomic mass is 9.73. The lowest BCUT2D eigenvalue weighted by Crippen LogP contribution is -2.37. The molecule has 1 fully saturated rings. The average Bonchev–Trinajstić information content (AvgIpc) is 2.87. The summed E-state index contributed by atoms with van der Waals surface area (Å²) in [5.74, 6) is 1.81. The molecule has 1 aromatic heterocycles. The third-order valence-electron chi connectivity index (χ3n) is 8.18. The molecular weight excluding hydrogens is 514 g/mol. The Balaban J connectivity index is 1.54. The number of rotatable bonds is 4. The molecule has 2 aliphatic heterocycles. The molecule has 3 heterocycles. The molecule has 1 saturated heterocycles. The molecule has 5 nitrogen and oxygen atoms in total. The molecule has 1 N–H and O–H groups in total. The number of ether oxygens (including phenoxy) is 2. The van der Waals surface area contributed by atoms with E-state index in [1.165, 1.54) is 23.1 Å². The second-order valence-electron chi connectivity index (χ2n) is 13.5. The fraction of sp³-hybridized carbons (Fsp3) is 0.529. The summed E-state index contributed by atoms with van der Waals surface area (Å²) in [6.45, 7) is 16.3. The second-order valence-corrected chi connectivity index (χ2v) is 14.4. The topological polar surface area (TPSA) is 56.3 Å². The molecule has 2 aromatic carbocycles. The zero-order chi connectivity index (χ0) is 28.5. The highest BCUT2D eigenvalue weighted by molar-refractivity contribution is 8.00. The summed E-state index contributed by atoms with van der Waals surface area (Å²) < 4.78 is 16.7. The van der Waals surface area contributed by atoms with Crippen molar-refractivity contribution in [2.45, 2.75) is 103 Å². The van der Waals surface area contributed by atoms with E-state index >= 15 is 0 Å². The Morgan fingerprint density at radius 3 is 2.50 bits per heavy atom. The molecule has 3 atom stereocenters. The van der Waals surface area contributed by atoms with Crippen LogP contribution in [0, 0.1) is 25.2 Å². The van der Waals surface area contributed by atoms with Gasteiger partial charge in [0.25, 0.3) is 0 Å². The van der Waals surface area contributed by atoms with E-state index < -0.39 is 0 Å². The van der Waals surface area contributed by atoms with Gasteiger partial charge in [-0.3, -0.25) is 4.72 Å². The van der Waals surface area contributed by atoms with Crippen molar-refractivity contribution in [1.29, 1.82) is 0 Å². The summed E-state index contributed by atoms with van der Waals surface area (Å²) in [5, 5.41) is 0. The SMILES string of the molecule is Cc1cccc(C)c1-c1cc2nc(n1)NSc1cccc(c1)C(CC1CCCC(C)(C)O1)C(CC(C)(C)C)CO2. The fourth-order valence-electron chi connectivity index (χ4n) is 6.48. The normalized spacial score (nSPS) is 22.8. The van der Waals surface area contributed by atoms with Crippen molar-refractivity contribution in [3.8, 4) is 17.1 Å². The number of anilines is 1. The van der Waals surface area contributed by atoms with Crippen LogP contribution in [0.25, 0.3) is 11.3 Å². The van der Waals surface area contributed by atoms with Crippen LogP contribution < -0.4 is 9.46 Å². The monoisotopic (exact) mass is 559 g/mol. The van der Waals surface area contributed by atoms with Crippen LogP contribution in [-0.4, -0.2) is 28.3 Å². The first-order valence-corrected chi connectivity index (χ1v) is 15.6. The van der Waals surface area contributed by atoms with Gasteiger partial charge in [-0.1, -0.05) is 51.1 Å². The van der Waals surface area contributed by atoms with E-state index in [1.54, 1.807) is 11.9 Å². The molecule has 5 rings (SSSR count). The molecule has 40 heavy (non-hydrogen) atoms. The Kier molecular flexibility index (Phi) is 8.49. The van der Waals surface area contributed by atoms with Crippen LogP contribution in [0.2, 0.25) is 0 Å². The standard InChI is InChI=1S/C34H45N3O2S/c1-22-11-8-12-23(2)31(22)29-19-30-36-32(35-29)37-40-27-15-9-13-24(17-27)28(25(21-38-30)20-33(3,4)5)18-26-14-10-16-34(6,7)39-26/h8-9,11-13,15,17,19,25-26,28H,10,14,16,18,20-21H2,1-7H3,(H,35,36,37). The number of nitrogens with zero attached hydrogens (tertiary/aromatic N) is 2. The lowest BCUT2D eigenvalue weighted by molar-refractivity contribution is -0.113. The maximum atomic E-state index is 6.64. The highest BCUT2D eigenvalue weighted by Gasteiger charge is 2.35. The number of aryl methyl sites for hydroxylation is 2. The molecule has 0 saturated carbocycles. The molecule has 6 heteroatoms. The number of hydrogen-bond donors (Lipinski definition) is 1. The smallest absolute Gasteiger partial charge is 0.237 e. The van der Waals surface area contributed by atoms with Gasteiger partial charge in [0.2, 0.25) is 11.8 Å². The first kappa shape index (κ1) is 28.9. The average molecular weight is 560 g/mol. The molecule has 0 aliphatic carbocycles. The Morgan fingerprint density at radius 2 is 1.77 bits per heavy atom. The zero-order valence-corrected chi connectivity index (χ0v) is 26.0. The third kappa shape index (κ3) is 7.19. The number of benzene rings is 2. The van der Waals surface area contributed by atoms with Crippen molar-refractivity contribution in [2.24, 2.45) is 11.3 Å². The molecule has 2 aliphatic rings. The summed E-state index contributed by atoms with van der Waals surface area (Å²) >= 11 is 1.56. The minimum atomic E-state index is -0.0621. The van der Waals surface area contributed by atoms with Crippen LogP contribution in [0.1, 0.15) is 89.3 Å². The van der Waals surface area contributed by atoms with E-state index in [0.29, 0.717) is 30.3 Å². The maximum Gasteiger partial charge on any atom is 0.237 e. The minimum Gasteiger partial charge on any atom is -0.477 e. The van der Waals surface area contributed by atoms with Gasteiger partial charge in [-0.05, 0) is 112 Å². The van der Waals surface area contributed by atoms with Crippen molar-refractivity contribution < 1.29 is 9.47 Å². The summed E-state index contributed by atoms with van der Waals surface area (Å²) in [6, 6.07) is 17.3. The first-order chi connectivity index (χ1) is 19.0. The Labute approximate surface area is 245 Å². The lowest BCUT2D eigenvalue weighted by Gasteiger charge is -2.40. The van der Waals surface area contributed by atoms with Gasteiger partial charge in [-0.15, -0.1) is 0 Å². The van der Waals surface area contributed by atoms with Gasteiger partial charge in [-0.2, -0.15) is 4.98 Å². The minimum absolute atomic E-state index is 0.0621. The largest absolute Gasteiger partial charge is 0.477 e. The first-order valence-electron chi connectivity index (χ1n) is 14.7. The van der Waals surface area contributed by atoms with E-state index in [4.69, 9.17) is 19.4 Å². The van der Waals surface area contributed by atoms with E-state index in [1.807, 2.05) is 6.07 Å². The van der Waals surface area contributed by atoms with Crippen LogP contribution in [0.15, 0.2) is 53.4 Å². The molecule has 0 radical (unpaired) electrons. The Hall–Kier alpha value is -2.57. The molecule has 214 valence electrons. The number of nitrogens with one attached hydrogen (secondary N) is 1. The predicted molar refractivity (Wildman–Crippen MR) is 166 cm³/mol. The Bertz CT molecular complexity index is 1310. The van der Waals surface area contributed by atoms with Crippen molar-refractivity contribution in [3.63, 3.8) is 0 Å². The van der Waals surface area contributed by atoms with Crippen LogP contribution in [0.3, 0.4) is 0 Å². The zero-order valence-electron chi connectivity index (χ0n) is 25.2. The van der Waals surface area contributed by atoms with Crippen LogP contribution in [-0.2, 0) is 4.74 Å². The summed E-state index contributed by atoms with van der Waals surface area (Å²) in [4.78, 5) is 10.9.